The Balaban J connectivity index is 0. The minimum Gasteiger partial charge on any atom is -1.00 e. The molecule has 0 aromatic rings. The second-order valence-electron chi connectivity index (χ2n) is 16.0. The van der Waals surface area contributed by atoms with Crippen LogP contribution in [0.2, 0.25) is 0 Å². The molecule has 0 heterocycles. The van der Waals surface area contributed by atoms with Gasteiger partial charge in [-0.1, -0.05) is 213 Å². The molecule has 302 valence electrons. The lowest BCUT2D eigenvalue weighted by molar-refractivity contribution is -0.926. The van der Waals surface area contributed by atoms with Crippen molar-refractivity contribution in [2.45, 2.75) is 238 Å². The van der Waals surface area contributed by atoms with E-state index in [2.05, 4.69) is 32.2 Å². The number of hydrogen-bond donors (Lipinski definition) is 1. The van der Waals surface area contributed by atoms with Crippen molar-refractivity contribution in [3.05, 3.63) is 12.7 Å². The molecular formula is C44H91ClN2O2S. The molecule has 0 spiro atoms. The van der Waals surface area contributed by atoms with E-state index in [1.165, 1.54) is 225 Å². The van der Waals surface area contributed by atoms with Crippen molar-refractivity contribution < 1.29 is 25.3 Å². The fraction of sp³-hybridized carbons (Fsp3) is 0.955. The first-order valence-electron chi connectivity index (χ1n) is 22.2. The molecule has 0 amide bonds. The summed E-state index contributed by atoms with van der Waals surface area (Å²) in [6.45, 7) is 10.2. The van der Waals surface area contributed by atoms with Gasteiger partial charge in [-0.25, -0.2) is 13.1 Å². The van der Waals surface area contributed by atoms with Crippen LogP contribution in [0.4, 0.5) is 0 Å². The number of likely N-dealkylation sites (N-methyl/N-ethyl adjacent to an activating group) is 1. The smallest absolute Gasteiger partial charge is 0.216 e. The molecule has 0 saturated carbocycles. The standard InChI is InChI=1S/C44H91N2O2S.ClH/c1-6-9-11-13-15-17-19-21-23-25-27-29-31-33-35-37-39-44(46(5,41-8-3)42-43-49(47,48)45-4)40-38-36-34-32-30-28-26-24-22-20-18-16-14-12-10-7-2;/h8,44-45H,3,6-7,9-43H2,1-2,4-5H3;1H/q+1;/p-1. The van der Waals surface area contributed by atoms with Crippen molar-refractivity contribution >= 4 is 10.0 Å². The van der Waals surface area contributed by atoms with Crippen molar-refractivity contribution in [2.75, 3.05) is 32.9 Å². The van der Waals surface area contributed by atoms with Gasteiger partial charge in [-0.2, -0.15) is 0 Å². The maximum Gasteiger partial charge on any atom is 0.216 e. The van der Waals surface area contributed by atoms with E-state index in [1.54, 1.807) is 0 Å². The van der Waals surface area contributed by atoms with E-state index in [9.17, 15) is 8.42 Å². The average Bonchev–Trinajstić information content (AvgIpc) is 3.09. The van der Waals surface area contributed by atoms with E-state index in [-0.39, 0.29) is 18.2 Å². The zero-order valence-electron chi connectivity index (χ0n) is 34.6. The average molecular weight is 748 g/mol. The first-order valence-corrected chi connectivity index (χ1v) is 23.9. The van der Waals surface area contributed by atoms with Crippen LogP contribution in [0.15, 0.2) is 12.7 Å². The summed E-state index contributed by atoms with van der Waals surface area (Å²) in [5.74, 6) is 0.197. The minimum absolute atomic E-state index is 0. The molecule has 1 N–H and O–H groups in total. The molecule has 0 aromatic heterocycles. The second kappa shape index (κ2) is 38.6. The summed E-state index contributed by atoms with van der Waals surface area (Å²) < 4.78 is 28.1. The van der Waals surface area contributed by atoms with Crippen LogP contribution in [0.25, 0.3) is 0 Å². The van der Waals surface area contributed by atoms with Gasteiger partial charge in [0.2, 0.25) is 10.0 Å². The van der Waals surface area contributed by atoms with Gasteiger partial charge in [0.15, 0.2) is 0 Å². The summed E-state index contributed by atoms with van der Waals surface area (Å²) in [6.07, 6.45) is 49.2. The van der Waals surface area contributed by atoms with Crippen molar-refractivity contribution in [3.8, 4) is 0 Å². The van der Waals surface area contributed by atoms with E-state index in [1.807, 2.05) is 6.08 Å². The quantitative estimate of drug-likeness (QED) is 0.0385. The van der Waals surface area contributed by atoms with Crippen LogP contribution in [0.3, 0.4) is 0 Å². The van der Waals surface area contributed by atoms with Crippen LogP contribution < -0.4 is 17.1 Å². The van der Waals surface area contributed by atoms with E-state index in [0.29, 0.717) is 12.6 Å². The molecule has 50 heavy (non-hydrogen) atoms. The molecule has 0 bridgehead atoms. The third kappa shape index (κ3) is 33.7. The summed E-state index contributed by atoms with van der Waals surface area (Å²) in [5.41, 5.74) is 0. The van der Waals surface area contributed by atoms with Crippen LogP contribution >= 0.6 is 0 Å². The van der Waals surface area contributed by atoms with Crippen LogP contribution in [0, 0.1) is 0 Å². The van der Waals surface area contributed by atoms with Gasteiger partial charge in [0, 0.05) is 0 Å². The molecule has 0 saturated heterocycles. The molecule has 0 fully saturated rings. The summed E-state index contributed by atoms with van der Waals surface area (Å²) in [7, 11) is 0.619. The molecule has 4 nitrogen and oxygen atoms in total. The highest BCUT2D eigenvalue weighted by molar-refractivity contribution is 7.89. The molecule has 0 rings (SSSR count). The predicted octanol–water partition coefficient (Wildman–Crippen LogP) is 10.8. The zero-order valence-corrected chi connectivity index (χ0v) is 36.1. The third-order valence-electron chi connectivity index (χ3n) is 11.4. The molecular weight excluding hydrogens is 656 g/mol. The number of hydrogen-bond acceptors (Lipinski definition) is 2. The Hall–Kier alpha value is -0.100. The predicted molar refractivity (Wildman–Crippen MR) is 221 cm³/mol. The number of nitrogens with one attached hydrogen (secondary N) is 1. The highest BCUT2D eigenvalue weighted by Crippen LogP contribution is 2.25. The topological polar surface area (TPSA) is 46.2 Å². The fourth-order valence-corrected chi connectivity index (χ4v) is 8.63. The van der Waals surface area contributed by atoms with Crippen molar-refractivity contribution in [3.63, 3.8) is 0 Å². The Morgan fingerprint density at radius 2 is 0.780 bits per heavy atom. The molecule has 6 heteroatoms. The number of halogens is 1. The first-order chi connectivity index (χ1) is 23.8. The Kier molecular flexibility index (Phi) is 40.2. The van der Waals surface area contributed by atoms with Crippen LogP contribution in [-0.2, 0) is 10.0 Å². The van der Waals surface area contributed by atoms with Gasteiger partial charge < -0.3 is 16.9 Å². The monoisotopic (exact) mass is 747 g/mol. The van der Waals surface area contributed by atoms with Crippen molar-refractivity contribution in [1.29, 1.82) is 0 Å². The van der Waals surface area contributed by atoms with Crippen molar-refractivity contribution in [1.82, 2.24) is 4.72 Å². The van der Waals surface area contributed by atoms with E-state index in [4.69, 9.17) is 0 Å². The second-order valence-corrected chi connectivity index (χ2v) is 18.1. The van der Waals surface area contributed by atoms with Gasteiger partial charge in [0.25, 0.3) is 0 Å². The number of unbranched alkanes of at least 4 members (excludes halogenated alkanes) is 30. The fourth-order valence-electron chi connectivity index (χ4n) is 7.77. The Morgan fingerprint density at radius 1 is 0.520 bits per heavy atom. The SMILES string of the molecule is C=CC[N+](C)(CCS(=O)(=O)NC)C(CCCCCCCCCCCCCCCCCC)CCCCCCCCCCCCCCCCCC.[Cl-]. The Bertz CT molecular complexity index is 757. The van der Waals surface area contributed by atoms with Crippen LogP contribution in [0.5, 0.6) is 0 Å². The van der Waals surface area contributed by atoms with Gasteiger partial charge in [-0.15, -0.1) is 0 Å². The van der Waals surface area contributed by atoms with Gasteiger partial charge in [0.05, 0.1) is 26.2 Å². The lowest BCUT2D eigenvalue weighted by Crippen LogP contribution is -3.00. The lowest BCUT2D eigenvalue weighted by Gasteiger charge is -2.41. The van der Waals surface area contributed by atoms with Crippen LogP contribution in [0.1, 0.15) is 232 Å². The van der Waals surface area contributed by atoms with E-state index >= 15 is 0 Å². The molecule has 0 aliphatic carbocycles. The maximum absolute atomic E-state index is 12.4. The summed E-state index contributed by atoms with van der Waals surface area (Å²) in [4.78, 5) is 0. The van der Waals surface area contributed by atoms with Gasteiger partial charge in [0.1, 0.15) is 5.75 Å². The molecule has 1 atom stereocenters. The Morgan fingerprint density at radius 3 is 1.02 bits per heavy atom. The molecule has 0 aliphatic heterocycles. The lowest BCUT2D eigenvalue weighted by atomic mass is 9.96. The normalized spacial score (nSPS) is 13.1. The van der Waals surface area contributed by atoms with Gasteiger partial charge in [-0.3, -0.25) is 0 Å². The highest BCUT2D eigenvalue weighted by Gasteiger charge is 2.32. The first kappa shape index (κ1) is 52.0. The zero-order chi connectivity index (χ0) is 36.2. The molecule has 0 aliphatic rings. The van der Waals surface area contributed by atoms with E-state index < -0.39 is 10.0 Å². The van der Waals surface area contributed by atoms with Crippen molar-refractivity contribution in [2.24, 2.45) is 0 Å². The number of nitrogens with zero attached hydrogens (tertiary/aromatic N) is 1. The number of quaternary nitrogens is 1. The molecule has 1 unspecified atom stereocenters. The van der Waals surface area contributed by atoms with Gasteiger partial charge in [-0.05, 0) is 38.8 Å². The molecule has 0 aromatic carbocycles. The number of rotatable bonds is 41. The summed E-state index contributed by atoms with van der Waals surface area (Å²) >= 11 is 0. The minimum atomic E-state index is -3.21. The van der Waals surface area contributed by atoms with E-state index in [0.717, 1.165) is 11.0 Å². The Labute approximate surface area is 322 Å². The highest BCUT2D eigenvalue weighted by atomic mass is 35.5. The number of sulfonamides is 1. The maximum atomic E-state index is 12.4. The summed E-state index contributed by atoms with van der Waals surface area (Å²) in [6, 6.07) is 0.517. The largest absolute Gasteiger partial charge is 1.00 e. The third-order valence-corrected chi connectivity index (χ3v) is 12.7. The molecule has 0 radical (unpaired) electrons. The van der Waals surface area contributed by atoms with Crippen LogP contribution in [-0.4, -0.2) is 51.9 Å². The van der Waals surface area contributed by atoms with Gasteiger partial charge >= 0.3 is 0 Å². The summed E-state index contributed by atoms with van der Waals surface area (Å²) in [5, 5.41) is 0.